The van der Waals surface area contributed by atoms with Crippen molar-refractivity contribution in [1.82, 2.24) is 15.1 Å². The minimum absolute atomic E-state index is 0.0419. The Labute approximate surface area is 137 Å². The quantitative estimate of drug-likeness (QED) is 0.891. The number of aromatic amines is 1. The molecule has 23 heavy (non-hydrogen) atoms. The molecule has 2 N–H and O–H groups in total. The van der Waals surface area contributed by atoms with Crippen LogP contribution in [-0.2, 0) is 11.3 Å². The fourth-order valence-electron chi connectivity index (χ4n) is 3.04. The fourth-order valence-corrected chi connectivity index (χ4v) is 3.04. The van der Waals surface area contributed by atoms with Gasteiger partial charge in [0.15, 0.2) is 5.82 Å². The first-order valence-corrected chi connectivity index (χ1v) is 8.27. The van der Waals surface area contributed by atoms with Crippen LogP contribution >= 0.6 is 0 Å². The van der Waals surface area contributed by atoms with Gasteiger partial charge < -0.3 is 5.32 Å². The first-order chi connectivity index (χ1) is 11.1. The Morgan fingerprint density at radius 3 is 2.87 bits per heavy atom. The molecule has 1 fully saturated rings. The van der Waals surface area contributed by atoms with Crippen LogP contribution < -0.4 is 5.32 Å². The van der Waals surface area contributed by atoms with Crippen molar-refractivity contribution in [2.75, 3.05) is 11.9 Å². The second-order valence-corrected chi connectivity index (χ2v) is 6.47. The van der Waals surface area contributed by atoms with Crippen molar-refractivity contribution in [1.29, 1.82) is 0 Å². The number of benzene rings is 1. The van der Waals surface area contributed by atoms with Crippen LogP contribution in [0.4, 0.5) is 5.82 Å². The lowest BCUT2D eigenvalue weighted by atomic mass is 10.1. The predicted octanol–water partition coefficient (Wildman–Crippen LogP) is 3.14. The van der Waals surface area contributed by atoms with E-state index in [2.05, 4.69) is 46.4 Å². The molecule has 1 amide bonds. The number of hydrogen-bond donors (Lipinski definition) is 2. The average Bonchev–Trinajstić information content (AvgIpc) is 3.17. The van der Waals surface area contributed by atoms with Crippen molar-refractivity contribution in [2.45, 2.75) is 45.2 Å². The maximum atomic E-state index is 12.6. The van der Waals surface area contributed by atoms with Crippen molar-refractivity contribution >= 4 is 11.7 Å². The number of H-pyrrole nitrogens is 1. The number of nitrogens with one attached hydrogen (secondary N) is 2. The number of aromatic nitrogens is 2. The summed E-state index contributed by atoms with van der Waals surface area (Å²) in [6.45, 7) is 5.97. The summed E-state index contributed by atoms with van der Waals surface area (Å²) in [6.07, 6.45) is 1.96. The summed E-state index contributed by atoms with van der Waals surface area (Å²) in [5, 5.41) is 10.1. The molecule has 3 rings (SSSR count). The van der Waals surface area contributed by atoms with Crippen molar-refractivity contribution in [2.24, 2.45) is 0 Å². The summed E-state index contributed by atoms with van der Waals surface area (Å²) in [5.41, 5.74) is 2.28. The van der Waals surface area contributed by atoms with Gasteiger partial charge in [-0.1, -0.05) is 44.2 Å². The molecule has 0 bridgehead atoms. The predicted molar refractivity (Wildman–Crippen MR) is 91.2 cm³/mol. The molecule has 1 atom stereocenters. The van der Waals surface area contributed by atoms with Gasteiger partial charge in [0.2, 0.25) is 5.91 Å². The smallest absolute Gasteiger partial charge is 0.242 e. The van der Waals surface area contributed by atoms with Crippen LogP contribution in [0.3, 0.4) is 0 Å². The third kappa shape index (κ3) is 3.79. The first kappa shape index (κ1) is 15.7. The Hall–Kier alpha value is -2.14. The second-order valence-electron chi connectivity index (χ2n) is 6.47. The van der Waals surface area contributed by atoms with Crippen LogP contribution in [0.2, 0.25) is 0 Å². The van der Waals surface area contributed by atoms with Gasteiger partial charge in [0.25, 0.3) is 0 Å². The molecule has 1 aromatic carbocycles. The summed E-state index contributed by atoms with van der Waals surface area (Å²) in [5.74, 6) is 1.03. The molecular weight excluding hydrogens is 288 g/mol. The van der Waals surface area contributed by atoms with Crippen molar-refractivity contribution in [3.63, 3.8) is 0 Å². The van der Waals surface area contributed by atoms with Gasteiger partial charge in [-0.2, -0.15) is 5.10 Å². The van der Waals surface area contributed by atoms with Crippen LogP contribution in [0.5, 0.6) is 0 Å². The zero-order chi connectivity index (χ0) is 16.2. The summed E-state index contributed by atoms with van der Waals surface area (Å²) >= 11 is 0. The Balaban J connectivity index is 1.63. The fraction of sp³-hybridized carbons (Fsp3) is 0.444. The molecular formula is C18H24N4O. The molecule has 1 aliphatic rings. The molecule has 5 nitrogen and oxygen atoms in total. The second kappa shape index (κ2) is 6.96. The molecule has 1 unspecified atom stereocenters. The molecule has 1 aromatic heterocycles. The number of carbonyl (C=O) groups excluding carboxylic acids is 1. The lowest BCUT2D eigenvalue weighted by Crippen LogP contribution is -2.39. The van der Waals surface area contributed by atoms with Crippen molar-refractivity contribution in [3.8, 4) is 0 Å². The van der Waals surface area contributed by atoms with E-state index in [4.69, 9.17) is 0 Å². The maximum Gasteiger partial charge on any atom is 0.242 e. The number of anilines is 1. The Morgan fingerprint density at radius 1 is 1.39 bits per heavy atom. The molecule has 2 heterocycles. The molecule has 1 saturated heterocycles. The molecule has 2 aromatic rings. The van der Waals surface area contributed by atoms with Gasteiger partial charge in [0.1, 0.15) is 0 Å². The maximum absolute atomic E-state index is 12.6. The van der Waals surface area contributed by atoms with Gasteiger partial charge in [-0.3, -0.25) is 14.8 Å². The van der Waals surface area contributed by atoms with Crippen LogP contribution in [0, 0.1) is 0 Å². The Morgan fingerprint density at radius 2 is 2.17 bits per heavy atom. The lowest BCUT2D eigenvalue weighted by Gasteiger charge is -2.23. The van der Waals surface area contributed by atoms with E-state index in [1.807, 2.05) is 24.3 Å². The lowest BCUT2D eigenvalue weighted by molar-refractivity contribution is -0.120. The highest BCUT2D eigenvalue weighted by Gasteiger charge is 2.30. The minimum Gasteiger partial charge on any atom is -0.308 e. The zero-order valence-corrected chi connectivity index (χ0v) is 13.7. The van der Waals surface area contributed by atoms with E-state index in [-0.39, 0.29) is 11.9 Å². The molecule has 0 radical (unpaired) electrons. The van der Waals surface area contributed by atoms with Crippen LogP contribution in [0.1, 0.15) is 43.9 Å². The van der Waals surface area contributed by atoms with Gasteiger partial charge in [-0.15, -0.1) is 0 Å². The topological polar surface area (TPSA) is 61.0 Å². The Kier molecular flexibility index (Phi) is 4.76. The van der Waals surface area contributed by atoms with Gasteiger partial charge in [-0.25, -0.2) is 0 Å². The first-order valence-electron chi connectivity index (χ1n) is 8.27. The summed E-state index contributed by atoms with van der Waals surface area (Å²) < 4.78 is 0. The number of hydrogen-bond acceptors (Lipinski definition) is 3. The highest BCUT2D eigenvalue weighted by atomic mass is 16.2. The normalized spacial score (nSPS) is 18.5. The average molecular weight is 312 g/mol. The van der Waals surface area contributed by atoms with E-state index in [1.165, 1.54) is 5.56 Å². The molecule has 5 heteroatoms. The summed E-state index contributed by atoms with van der Waals surface area (Å²) in [4.78, 5) is 14.8. The van der Waals surface area contributed by atoms with Gasteiger partial charge in [0.05, 0.1) is 6.04 Å². The van der Waals surface area contributed by atoms with E-state index < -0.39 is 0 Å². The summed E-state index contributed by atoms with van der Waals surface area (Å²) in [6, 6.07) is 12.1. The number of carbonyl (C=O) groups is 1. The largest absolute Gasteiger partial charge is 0.308 e. The van der Waals surface area contributed by atoms with Crippen molar-refractivity contribution < 1.29 is 4.79 Å². The minimum atomic E-state index is -0.0746. The Bertz CT molecular complexity index is 650. The molecule has 122 valence electrons. The van der Waals surface area contributed by atoms with Crippen LogP contribution in [-0.4, -0.2) is 33.6 Å². The summed E-state index contributed by atoms with van der Waals surface area (Å²) in [7, 11) is 0. The highest BCUT2D eigenvalue weighted by Crippen LogP contribution is 2.22. The molecule has 0 spiro atoms. The van der Waals surface area contributed by atoms with Gasteiger partial charge in [0, 0.05) is 18.3 Å². The molecule has 0 saturated carbocycles. The van der Waals surface area contributed by atoms with E-state index in [1.54, 1.807) is 0 Å². The third-order valence-electron chi connectivity index (χ3n) is 4.37. The molecule has 0 aliphatic carbocycles. The van der Waals surface area contributed by atoms with Crippen molar-refractivity contribution in [3.05, 3.63) is 47.7 Å². The number of likely N-dealkylation sites (tertiary alicyclic amines) is 1. The zero-order valence-electron chi connectivity index (χ0n) is 13.7. The standard InChI is InChI=1S/C18H24N4O/c1-13(2)15-11-17(21-20-15)19-18(23)16-9-6-10-22(16)12-14-7-4-3-5-8-14/h3-5,7-8,11,13,16H,6,9-10,12H2,1-2H3,(H2,19,20,21,23). The number of amides is 1. The van der Waals surface area contributed by atoms with E-state index >= 15 is 0 Å². The van der Waals surface area contributed by atoms with E-state index in [0.29, 0.717) is 11.7 Å². The SMILES string of the molecule is CC(C)c1cc(NC(=O)C2CCCN2Cc2ccccc2)n[nH]1. The third-order valence-corrected chi connectivity index (χ3v) is 4.37. The van der Waals surface area contributed by atoms with Gasteiger partial charge >= 0.3 is 0 Å². The number of rotatable bonds is 5. The van der Waals surface area contributed by atoms with Gasteiger partial charge in [-0.05, 0) is 30.9 Å². The number of nitrogens with zero attached hydrogens (tertiary/aromatic N) is 2. The monoisotopic (exact) mass is 312 g/mol. The molecule has 1 aliphatic heterocycles. The van der Waals surface area contributed by atoms with Crippen LogP contribution in [0.15, 0.2) is 36.4 Å². The highest BCUT2D eigenvalue weighted by molar-refractivity contribution is 5.94. The van der Waals surface area contributed by atoms with Crippen LogP contribution in [0.25, 0.3) is 0 Å². The van der Waals surface area contributed by atoms with E-state index in [9.17, 15) is 4.79 Å². The van der Waals surface area contributed by atoms with E-state index in [0.717, 1.165) is 31.6 Å².